The number of hydrogen-bond donors (Lipinski definition) is 2. The van der Waals surface area contributed by atoms with Crippen molar-refractivity contribution >= 4 is 11.8 Å². The Hall–Kier alpha value is -2.91. The molecule has 0 spiro atoms. The molecular weight excluding hydrogens is 292 g/mol. The van der Waals surface area contributed by atoms with Gasteiger partial charge < -0.3 is 10.1 Å². The second-order valence-corrected chi connectivity index (χ2v) is 5.67. The number of urea groups is 1. The molecule has 4 rings (SSSR count). The minimum Gasteiger partial charge on any atom is -0.371 e. The van der Waals surface area contributed by atoms with Crippen LogP contribution in [0, 0.1) is 11.3 Å². The van der Waals surface area contributed by atoms with Gasteiger partial charge in [0.15, 0.2) is 0 Å². The summed E-state index contributed by atoms with van der Waals surface area (Å²) in [5.41, 5.74) is 2.90. The third-order valence-corrected chi connectivity index (χ3v) is 4.23. The van der Waals surface area contributed by atoms with Crippen LogP contribution in [-0.2, 0) is 11.3 Å². The molecule has 1 aromatic carbocycles. The summed E-state index contributed by atoms with van der Waals surface area (Å²) < 4.78 is 5.78. The van der Waals surface area contributed by atoms with E-state index < -0.39 is 0 Å². The lowest BCUT2D eigenvalue weighted by atomic mass is 10.0. The first-order chi connectivity index (χ1) is 11.3. The molecule has 1 aromatic heterocycles. The Kier molecular flexibility index (Phi) is 3.21. The number of nitriles is 1. The highest BCUT2D eigenvalue weighted by Gasteiger charge is 2.55. The average Bonchev–Trinajstić information content (AvgIpc) is 3.29. The van der Waals surface area contributed by atoms with Gasteiger partial charge in [-0.1, -0.05) is 24.3 Å². The molecule has 2 aliphatic rings. The predicted molar refractivity (Wildman–Crippen MR) is 82.7 cm³/mol. The zero-order chi connectivity index (χ0) is 15.8. The maximum Gasteiger partial charge on any atom is 0.320 e. The molecule has 3 atom stereocenters. The van der Waals surface area contributed by atoms with Gasteiger partial charge in [0, 0.05) is 12.1 Å². The van der Waals surface area contributed by atoms with Crippen LogP contribution >= 0.6 is 0 Å². The topological polar surface area (TPSA) is 87.0 Å². The van der Waals surface area contributed by atoms with Gasteiger partial charge in [-0.15, -0.1) is 0 Å². The van der Waals surface area contributed by atoms with E-state index in [0.29, 0.717) is 18.0 Å². The van der Waals surface area contributed by atoms with Gasteiger partial charge in [0.2, 0.25) is 0 Å². The fourth-order valence-electron chi connectivity index (χ4n) is 3.05. The lowest BCUT2D eigenvalue weighted by molar-refractivity contribution is 0.0880. The highest BCUT2D eigenvalue weighted by Crippen LogP contribution is 2.48. The van der Waals surface area contributed by atoms with E-state index in [1.165, 1.54) is 17.3 Å². The van der Waals surface area contributed by atoms with Gasteiger partial charge in [0.25, 0.3) is 0 Å². The summed E-state index contributed by atoms with van der Waals surface area (Å²) in [6.45, 7) is 0.592. The molecule has 1 aliphatic heterocycles. The quantitative estimate of drug-likeness (QED) is 0.890. The van der Waals surface area contributed by atoms with Gasteiger partial charge in [0.1, 0.15) is 11.9 Å². The first kappa shape index (κ1) is 13.7. The Bertz CT molecular complexity index is 797. The number of pyridine rings is 1. The second-order valence-electron chi connectivity index (χ2n) is 5.67. The number of benzene rings is 1. The summed E-state index contributed by atoms with van der Waals surface area (Å²) in [4.78, 5) is 16.1. The number of nitrogens with zero attached hydrogens (tertiary/aromatic N) is 2. The van der Waals surface area contributed by atoms with E-state index >= 15 is 0 Å². The number of aromatic nitrogens is 1. The maximum atomic E-state index is 12.1. The normalized spacial score (nSPS) is 23.9. The molecule has 23 heavy (non-hydrogen) atoms. The Morgan fingerprint density at radius 3 is 2.96 bits per heavy atom. The number of rotatable bonds is 2. The Morgan fingerprint density at radius 1 is 1.30 bits per heavy atom. The molecule has 0 bridgehead atoms. The minimum atomic E-state index is -0.317. The smallest absolute Gasteiger partial charge is 0.320 e. The molecule has 114 valence electrons. The molecule has 3 unspecified atom stereocenters. The first-order valence-electron chi connectivity index (χ1n) is 7.39. The highest BCUT2D eigenvalue weighted by atomic mass is 16.5. The van der Waals surface area contributed by atoms with Crippen LogP contribution in [0.25, 0.3) is 0 Å². The lowest BCUT2D eigenvalue weighted by Gasteiger charge is -2.13. The van der Waals surface area contributed by atoms with Gasteiger partial charge in [-0.25, -0.2) is 9.78 Å². The summed E-state index contributed by atoms with van der Waals surface area (Å²) in [5, 5.41) is 14.3. The maximum absolute atomic E-state index is 12.1. The number of ether oxygens (including phenoxy) is 1. The largest absolute Gasteiger partial charge is 0.371 e. The standard InChI is InChI=1S/C17H14N4O2/c18-7-10-5-6-13(19-8-10)20-17(22)21-15-14-12-4-2-1-3-11(12)9-23-16(14)15/h1-6,8,14-16H,9H2,(H2,19,20,21,22). The average molecular weight is 306 g/mol. The fourth-order valence-corrected chi connectivity index (χ4v) is 3.05. The number of nitrogens with one attached hydrogen (secondary N) is 2. The SMILES string of the molecule is N#Cc1ccc(NC(=O)NC2C3OCc4ccccc4C23)nc1. The first-order valence-corrected chi connectivity index (χ1v) is 7.39. The van der Waals surface area contributed by atoms with Crippen LogP contribution in [0.4, 0.5) is 10.6 Å². The van der Waals surface area contributed by atoms with Crippen LogP contribution in [0.1, 0.15) is 22.6 Å². The van der Waals surface area contributed by atoms with Crippen LogP contribution in [0.2, 0.25) is 0 Å². The van der Waals surface area contributed by atoms with E-state index in [-0.39, 0.29) is 24.1 Å². The third-order valence-electron chi connectivity index (χ3n) is 4.23. The number of anilines is 1. The van der Waals surface area contributed by atoms with Crippen molar-refractivity contribution in [3.63, 3.8) is 0 Å². The minimum absolute atomic E-state index is 0.0166. The molecule has 0 radical (unpaired) electrons. The number of carbonyl (C=O) groups excluding carboxylic acids is 1. The van der Waals surface area contributed by atoms with Crippen LogP contribution in [0.5, 0.6) is 0 Å². The van der Waals surface area contributed by atoms with Crippen molar-refractivity contribution in [3.8, 4) is 6.07 Å². The van der Waals surface area contributed by atoms with Crippen LogP contribution in [0.3, 0.4) is 0 Å². The number of hydrogen-bond acceptors (Lipinski definition) is 4. The second kappa shape index (κ2) is 5.38. The molecule has 2 N–H and O–H groups in total. The Morgan fingerprint density at radius 2 is 2.17 bits per heavy atom. The molecule has 6 heteroatoms. The Balaban J connectivity index is 1.40. The third kappa shape index (κ3) is 2.51. The van der Waals surface area contributed by atoms with E-state index in [2.05, 4.69) is 27.8 Å². The van der Waals surface area contributed by atoms with Crippen molar-refractivity contribution in [1.29, 1.82) is 5.26 Å². The van der Waals surface area contributed by atoms with Gasteiger partial charge in [-0.2, -0.15) is 5.26 Å². The van der Waals surface area contributed by atoms with Crippen LogP contribution in [-0.4, -0.2) is 23.2 Å². The van der Waals surface area contributed by atoms with Crippen molar-refractivity contribution < 1.29 is 9.53 Å². The van der Waals surface area contributed by atoms with Crippen LogP contribution < -0.4 is 10.6 Å². The molecule has 2 heterocycles. The zero-order valence-electron chi connectivity index (χ0n) is 12.2. The zero-order valence-corrected chi connectivity index (χ0v) is 12.2. The fraction of sp³-hybridized carbons (Fsp3) is 0.235. The van der Waals surface area contributed by atoms with Crippen molar-refractivity contribution in [2.75, 3.05) is 5.32 Å². The summed E-state index contributed by atoms with van der Waals surface area (Å²) in [5.74, 6) is 0.631. The van der Waals surface area contributed by atoms with E-state index in [0.717, 1.165) is 0 Å². The molecule has 6 nitrogen and oxygen atoms in total. The van der Waals surface area contributed by atoms with Crippen molar-refractivity contribution in [1.82, 2.24) is 10.3 Å². The number of fused-ring (bicyclic) bond motifs is 3. The molecular formula is C17H14N4O2. The molecule has 1 saturated carbocycles. The van der Waals surface area contributed by atoms with E-state index in [4.69, 9.17) is 10.00 Å². The van der Waals surface area contributed by atoms with Gasteiger partial charge in [-0.3, -0.25) is 5.32 Å². The summed E-state index contributed by atoms with van der Waals surface area (Å²) >= 11 is 0. The van der Waals surface area contributed by atoms with Crippen molar-refractivity contribution in [3.05, 3.63) is 59.3 Å². The monoisotopic (exact) mass is 306 g/mol. The highest BCUT2D eigenvalue weighted by molar-refractivity contribution is 5.89. The number of amides is 2. The molecule has 2 aromatic rings. The molecule has 1 aliphatic carbocycles. The Labute approximate surface area is 133 Å². The molecule has 0 saturated heterocycles. The summed E-state index contributed by atoms with van der Waals surface area (Å²) in [6.07, 6.45) is 1.47. The molecule has 2 amide bonds. The van der Waals surface area contributed by atoms with E-state index in [1.54, 1.807) is 12.1 Å². The van der Waals surface area contributed by atoms with E-state index in [1.807, 2.05) is 18.2 Å². The molecule has 1 fully saturated rings. The van der Waals surface area contributed by atoms with E-state index in [9.17, 15) is 4.79 Å². The van der Waals surface area contributed by atoms with Gasteiger partial charge in [0.05, 0.1) is 24.3 Å². The van der Waals surface area contributed by atoms with Gasteiger partial charge in [-0.05, 0) is 23.3 Å². The lowest BCUT2D eigenvalue weighted by Crippen LogP contribution is -2.33. The van der Waals surface area contributed by atoms with Crippen LogP contribution in [0.15, 0.2) is 42.6 Å². The summed E-state index contributed by atoms with van der Waals surface area (Å²) in [7, 11) is 0. The van der Waals surface area contributed by atoms with Gasteiger partial charge >= 0.3 is 6.03 Å². The van der Waals surface area contributed by atoms with Crippen molar-refractivity contribution in [2.45, 2.75) is 24.7 Å². The predicted octanol–water partition coefficient (Wildman–Crippen LogP) is 2.14. The van der Waals surface area contributed by atoms with Crippen molar-refractivity contribution in [2.24, 2.45) is 0 Å². The number of carbonyl (C=O) groups is 1. The summed E-state index contributed by atoms with van der Waals surface area (Å²) in [6, 6.07) is 13.0.